The number of hydrogen-bond donors (Lipinski definition) is 2. The Balaban J connectivity index is 1.26. The van der Waals surface area contributed by atoms with Crippen molar-refractivity contribution >= 4 is 23.4 Å². The SMILES string of the molecule is CN(Cc1ccccc1)C(=O)Nc1ccc(Cc2ccc(NC(=O)N(C)Cc3ccccc3)cc2)cc1. The highest BCUT2D eigenvalue weighted by Gasteiger charge is 2.11. The molecule has 0 aliphatic rings. The number of urea groups is 2. The molecule has 6 heteroatoms. The monoisotopic (exact) mass is 492 g/mol. The largest absolute Gasteiger partial charge is 0.323 e. The van der Waals surface area contributed by atoms with Crippen LogP contribution in [-0.2, 0) is 19.5 Å². The van der Waals surface area contributed by atoms with Gasteiger partial charge in [-0.2, -0.15) is 0 Å². The summed E-state index contributed by atoms with van der Waals surface area (Å²) >= 11 is 0. The molecule has 0 bridgehead atoms. The Labute approximate surface area is 218 Å². The number of carbonyl (C=O) groups excluding carboxylic acids is 2. The summed E-state index contributed by atoms with van der Waals surface area (Å²) in [4.78, 5) is 28.3. The molecular weight excluding hydrogens is 460 g/mol. The summed E-state index contributed by atoms with van der Waals surface area (Å²) in [5.74, 6) is 0. The third kappa shape index (κ3) is 7.70. The zero-order valence-corrected chi connectivity index (χ0v) is 21.2. The van der Waals surface area contributed by atoms with Crippen molar-refractivity contribution in [1.82, 2.24) is 9.80 Å². The number of benzene rings is 4. The normalized spacial score (nSPS) is 10.4. The van der Waals surface area contributed by atoms with E-state index < -0.39 is 0 Å². The Kier molecular flexibility index (Phi) is 8.55. The van der Waals surface area contributed by atoms with E-state index in [-0.39, 0.29) is 12.1 Å². The number of anilines is 2. The molecule has 0 radical (unpaired) electrons. The summed E-state index contributed by atoms with van der Waals surface area (Å²) in [5.41, 5.74) is 5.95. The third-order valence-electron chi connectivity index (χ3n) is 6.04. The van der Waals surface area contributed by atoms with E-state index in [1.54, 1.807) is 23.9 Å². The van der Waals surface area contributed by atoms with Crippen LogP contribution in [0.4, 0.5) is 21.0 Å². The molecule has 6 nitrogen and oxygen atoms in total. The van der Waals surface area contributed by atoms with E-state index >= 15 is 0 Å². The average Bonchev–Trinajstić information content (AvgIpc) is 2.92. The van der Waals surface area contributed by atoms with Crippen LogP contribution in [-0.4, -0.2) is 36.0 Å². The van der Waals surface area contributed by atoms with Crippen LogP contribution in [0, 0.1) is 0 Å². The molecule has 0 atom stereocenters. The van der Waals surface area contributed by atoms with Crippen molar-refractivity contribution < 1.29 is 9.59 Å². The van der Waals surface area contributed by atoms with Gasteiger partial charge < -0.3 is 20.4 Å². The van der Waals surface area contributed by atoms with E-state index in [9.17, 15) is 9.59 Å². The predicted molar refractivity (Wildman–Crippen MR) is 150 cm³/mol. The maximum absolute atomic E-state index is 12.5. The van der Waals surface area contributed by atoms with Crippen LogP contribution in [0.2, 0.25) is 0 Å². The van der Waals surface area contributed by atoms with Crippen molar-refractivity contribution in [3.8, 4) is 0 Å². The maximum atomic E-state index is 12.5. The summed E-state index contributed by atoms with van der Waals surface area (Å²) in [6, 6.07) is 35.2. The summed E-state index contributed by atoms with van der Waals surface area (Å²) in [7, 11) is 3.56. The van der Waals surface area contributed by atoms with Gasteiger partial charge in [-0.25, -0.2) is 9.59 Å². The van der Waals surface area contributed by atoms with E-state index in [2.05, 4.69) is 10.6 Å². The summed E-state index contributed by atoms with van der Waals surface area (Å²) in [6.45, 7) is 1.09. The second-order valence-electron chi connectivity index (χ2n) is 9.11. The molecule has 0 saturated heterocycles. The first-order chi connectivity index (χ1) is 18.0. The fourth-order valence-corrected chi connectivity index (χ4v) is 3.94. The second-order valence-corrected chi connectivity index (χ2v) is 9.11. The molecule has 0 aliphatic heterocycles. The minimum absolute atomic E-state index is 0.149. The lowest BCUT2D eigenvalue weighted by molar-refractivity contribution is 0.220. The Morgan fingerprint density at radius 1 is 0.514 bits per heavy atom. The molecule has 4 aromatic carbocycles. The quantitative estimate of drug-likeness (QED) is 0.291. The van der Waals surface area contributed by atoms with E-state index in [0.29, 0.717) is 13.1 Å². The average molecular weight is 493 g/mol. The lowest BCUT2D eigenvalue weighted by Crippen LogP contribution is -2.30. The smallest absolute Gasteiger partial charge is 0.321 e. The standard InChI is InChI=1S/C31H32N4O2/c1-34(22-26-9-5-3-6-10-26)30(36)32-28-17-13-24(14-18-28)21-25-15-19-29(20-16-25)33-31(37)35(2)23-27-11-7-4-8-12-27/h3-20H,21-23H2,1-2H3,(H,32,36)(H,33,37). The molecule has 0 saturated carbocycles. The first-order valence-corrected chi connectivity index (χ1v) is 12.3. The highest BCUT2D eigenvalue weighted by Crippen LogP contribution is 2.17. The van der Waals surface area contributed by atoms with Gasteiger partial charge in [-0.05, 0) is 52.9 Å². The highest BCUT2D eigenvalue weighted by atomic mass is 16.2. The van der Waals surface area contributed by atoms with Gasteiger partial charge in [0.25, 0.3) is 0 Å². The number of rotatable bonds is 8. The topological polar surface area (TPSA) is 64.7 Å². The molecule has 188 valence electrons. The van der Waals surface area contributed by atoms with Crippen molar-refractivity contribution in [2.24, 2.45) is 0 Å². The van der Waals surface area contributed by atoms with Gasteiger partial charge in [0, 0.05) is 38.6 Å². The second kappa shape index (κ2) is 12.4. The molecule has 0 fully saturated rings. The molecular formula is C31H32N4O2. The minimum Gasteiger partial charge on any atom is -0.323 e. The number of nitrogens with one attached hydrogen (secondary N) is 2. The van der Waals surface area contributed by atoms with Crippen LogP contribution in [0.15, 0.2) is 109 Å². The summed E-state index contributed by atoms with van der Waals surface area (Å²) in [6.07, 6.45) is 0.754. The molecule has 2 N–H and O–H groups in total. The summed E-state index contributed by atoms with van der Waals surface area (Å²) < 4.78 is 0. The predicted octanol–water partition coefficient (Wildman–Crippen LogP) is 6.61. The fourth-order valence-electron chi connectivity index (χ4n) is 3.94. The van der Waals surface area contributed by atoms with Crippen molar-refractivity contribution in [3.63, 3.8) is 0 Å². The van der Waals surface area contributed by atoms with Crippen LogP contribution in [0.3, 0.4) is 0 Å². The van der Waals surface area contributed by atoms with Crippen molar-refractivity contribution in [1.29, 1.82) is 0 Å². The number of nitrogens with zero attached hydrogens (tertiary/aromatic N) is 2. The van der Waals surface area contributed by atoms with Crippen molar-refractivity contribution in [2.45, 2.75) is 19.5 Å². The van der Waals surface area contributed by atoms with Crippen LogP contribution >= 0.6 is 0 Å². The Morgan fingerprint density at radius 3 is 1.22 bits per heavy atom. The molecule has 0 aromatic heterocycles. The van der Waals surface area contributed by atoms with Gasteiger partial charge in [0.2, 0.25) is 0 Å². The van der Waals surface area contributed by atoms with E-state index in [1.807, 2.05) is 109 Å². The molecule has 4 aromatic rings. The zero-order chi connectivity index (χ0) is 26.0. The maximum Gasteiger partial charge on any atom is 0.321 e. The molecule has 4 rings (SSSR count). The van der Waals surface area contributed by atoms with Crippen LogP contribution < -0.4 is 10.6 Å². The number of carbonyl (C=O) groups is 2. The Bertz CT molecular complexity index is 1190. The Hall–Kier alpha value is -4.58. The molecule has 0 unspecified atom stereocenters. The van der Waals surface area contributed by atoms with Crippen molar-refractivity contribution in [2.75, 3.05) is 24.7 Å². The summed E-state index contributed by atoms with van der Waals surface area (Å²) in [5, 5.41) is 5.89. The van der Waals surface area contributed by atoms with Gasteiger partial charge in [-0.1, -0.05) is 84.9 Å². The lowest BCUT2D eigenvalue weighted by atomic mass is 10.0. The van der Waals surface area contributed by atoms with E-state index in [0.717, 1.165) is 40.0 Å². The third-order valence-corrected chi connectivity index (χ3v) is 6.04. The molecule has 0 heterocycles. The van der Waals surface area contributed by atoms with E-state index in [4.69, 9.17) is 0 Å². The van der Waals surface area contributed by atoms with Gasteiger partial charge in [0.1, 0.15) is 0 Å². The molecule has 4 amide bonds. The van der Waals surface area contributed by atoms with Crippen LogP contribution in [0.5, 0.6) is 0 Å². The number of amides is 4. The number of hydrogen-bond acceptors (Lipinski definition) is 2. The first kappa shape index (κ1) is 25.5. The molecule has 0 aliphatic carbocycles. The zero-order valence-electron chi connectivity index (χ0n) is 21.2. The Morgan fingerprint density at radius 2 is 0.865 bits per heavy atom. The van der Waals surface area contributed by atoms with Gasteiger partial charge >= 0.3 is 12.1 Å². The molecule has 0 spiro atoms. The van der Waals surface area contributed by atoms with Gasteiger partial charge in [-0.15, -0.1) is 0 Å². The van der Waals surface area contributed by atoms with Gasteiger partial charge in [-0.3, -0.25) is 0 Å². The van der Waals surface area contributed by atoms with Gasteiger partial charge in [0.05, 0.1) is 0 Å². The van der Waals surface area contributed by atoms with Gasteiger partial charge in [0.15, 0.2) is 0 Å². The molecule has 37 heavy (non-hydrogen) atoms. The van der Waals surface area contributed by atoms with Crippen LogP contribution in [0.25, 0.3) is 0 Å². The fraction of sp³-hybridized carbons (Fsp3) is 0.161. The van der Waals surface area contributed by atoms with E-state index in [1.165, 1.54) is 0 Å². The van der Waals surface area contributed by atoms with Crippen molar-refractivity contribution in [3.05, 3.63) is 131 Å². The first-order valence-electron chi connectivity index (χ1n) is 12.3. The highest BCUT2D eigenvalue weighted by molar-refractivity contribution is 5.89. The minimum atomic E-state index is -0.149. The van der Waals surface area contributed by atoms with Crippen LogP contribution in [0.1, 0.15) is 22.3 Å². The lowest BCUT2D eigenvalue weighted by Gasteiger charge is -2.18.